The number of amides is 2. The van der Waals surface area contributed by atoms with Gasteiger partial charge in [-0.2, -0.15) is 5.10 Å². The first-order valence-corrected chi connectivity index (χ1v) is 9.85. The van der Waals surface area contributed by atoms with E-state index >= 15 is 0 Å². The lowest BCUT2D eigenvalue weighted by atomic mass is 10.1. The number of carbonyl (C=O) groups is 2. The van der Waals surface area contributed by atoms with E-state index in [9.17, 15) is 9.59 Å². The maximum Gasteiger partial charge on any atom is 0.307 e. The fourth-order valence-electron chi connectivity index (χ4n) is 2.38. The van der Waals surface area contributed by atoms with Crippen LogP contribution < -0.4 is 10.7 Å². The van der Waals surface area contributed by atoms with Gasteiger partial charge >= 0.3 is 5.91 Å². The van der Waals surface area contributed by atoms with Gasteiger partial charge in [0.05, 0.1) is 16.3 Å². The predicted molar refractivity (Wildman–Crippen MR) is 117 cm³/mol. The first-order valence-electron chi connectivity index (χ1n) is 8.30. The minimum absolute atomic E-state index is 0.134. The molecular formula is C20H14BrCl2N3O3. The fraction of sp³-hybridized carbons (Fsp3) is 0.0500. The maximum atomic E-state index is 12.5. The van der Waals surface area contributed by atoms with E-state index in [0.29, 0.717) is 32.2 Å². The Balaban J connectivity index is 1.71. The number of rotatable bonds is 5. The average molecular weight is 495 g/mol. The third kappa shape index (κ3) is 5.47. The van der Waals surface area contributed by atoms with Crippen LogP contribution >= 0.6 is 39.1 Å². The fourth-order valence-corrected chi connectivity index (χ4v) is 3.19. The summed E-state index contributed by atoms with van der Waals surface area (Å²) < 4.78 is 5.63. The number of benzene rings is 2. The second-order valence-electron chi connectivity index (χ2n) is 5.90. The number of carbonyl (C=O) groups excluding carboxylic acids is 2. The van der Waals surface area contributed by atoms with Gasteiger partial charge in [-0.25, -0.2) is 5.43 Å². The lowest BCUT2D eigenvalue weighted by Gasteiger charge is -2.09. The summed E-state index contributed by atoms with van der Waals surface area (Å²) in [6.45, 7) is 1.73. The van der Waals surface area contributed by atoms with Gasteiger partial charge in [-0.15, -0.1) is 0 Å². The van der Waals surface area contributed by atoms with Crippen LogP contribution in [0.5, 0.6) is 0 Å². The number of nitrogens with one attached hydrogen (secondary N) is 2. The van der Waals surface area contributed by atoms with Gasteiger partial charge in [0.15, 0.2) is 10.4 Å². The molecule has 2 amide bonds. The van der Waals surface area contributed by atoms with Crippen LogP contribution in [-0.4, -0.2) is 17.5 Å². The number of nitrogens with zero attached hydrogens (tertiary/aromatic N) is 1. The number of anilines is 1. The lowest BCUT2D eigenvalue weighted by molar-refractivity contribution is 0.0925. The van der Waals surface area contributed by atoms with Crippen molar-refractivity contribution < 1.29 is 14.0 Å². The van der Waals surface area contributed by atoms with Crippen molar-refractivity contribution in [1.82, 2.24) is 5.43 Å². The zero-order valence-electron chi connectivity index (χ0n) is 15.0. The third-order valence-electron chi connectivity index (χ3n) is 3.84. The molecule has 3 rings (SSSR count). The zero-order valence-corrected chi connectivity index (χ0v) is 18.1. The first kappa shape index (κ1) is 21.1. The van der Waals surface area contributed by atoms with Crippen LogP contribution in [0.3, 0.4) is 0 Å². The molecule has 1 heterocycles. The van der Waals surface area contributed by atoms with E-state index in [1.165, 1.54) is 12.1 Å². The molecule has 0 spiro atoms. The van der Waals surface area contributed by atoms with E-state index in [1.54, 1.807) is 49.4 Å². The first-order chi connectivity index (χ1) is 13.8. The lowest BCUT2D eigenvalue weighted by Crippen LogP contribution is -2.18. The molecule has 1 aromatic heterocycles. The monoisotopic (exact) mass is 493 g/mol. The molecule has 0 aliphatic carbocycles. The van der Waals surface area contributed by atoms with Gasteiger partial charge in [-0.1, -0.05) is 35.3 Å². The molecule has 29 heavy (non-hydrogen) atoms. The predicted octanol–water partition coefficient (Wildman–Crippen LogP) is 5.76. The van der Waals surface area contributed by atoms with Crippen molar-refractivity contribution in [2.75, 3.05) is 5.32 Å². The molecule has 9 heteroatoms. The summed E-state index contributed by atoms with van der Waals surface area (Å²) in [4.78, 5) is 24.5. The molecular weight excluding hydrogens is 481 g/mol. The van der Waals surface area contributed by atoms with Gasteiger partial charge < -0.3 is 9.73 Å². The van der Waals surface area contributed by atoms with Crippen LogP contribution in [-0.2, 0) is 0 Å². The quantitative estimate of drug-likeness (QED) is 0.349. The SMILES string of the molecule is C/C(=N/NC(=O)c1ccc(Br)o1)c1cccc(NC(=O)c2ccc(Cl)cc2Cl)c1. The molecule has 2 aromatic carbocycles. The van der Waals surface area contributed by atoms with Gasteiger partial charge in [-0.3, -0.25) is 9.59 Å². The Morgan fingerprint density at radius 1 is 1.03 bits per heavy atom. The second-order valence-corrected chi connectivity index (χ2v) is 7.53. The summed E-state index contributed by atoms with van der Waals surface area (Å²) in [7, 11) is 0. The smallest absolute Gasteiger partial charge is 0.307 e. The molecule has 0 atom stereocenters. The second kappa shape index (κ2) is 9.26. The molecule has 3 aromatic rings. The van der Waals surface area contributed by atoms with Crippen molar-refractivity contribution in [2.24, 2.45) is 5.10 Å². The highest BCUT2D eigenvalue weighted by Crippen LogP contribution is 2.22. The van der Waals surface area contributed by atoms with Gasteiger partial charge in [0.25, 0.3) is 5.91 Å². The number of hydrazone groups is 1. The minimum atomic E-state index is -0.475. The van der Waals surface area contributed by atoms with E-state index in [1.807, 2.05) is 0 Å². The van der Waals surface area contributed by atoms with Gasteiger partial charge in [0.2, 0.25) is 0 Å². The van der Waals surface area contributed by atoms with Gasteiger partial charge in [-0.05, 0) is 70.9 Å². The standard InChI is InChI=1S/C20H14BrCl2N3O3/c1-11(25-26-20(28)17-7-8-18(21)29-17)12-3-2-4-14(9-12)24-19(27)15-6-5-13(22)10-16(15)23/h2-10H,1H3,(H,24,27)(H,26,28)/b25-11-. The normalized spacial score (nSPS) is 11.2. The summed E-state index contributed by atoms with van der Waals surface area (Å²) in [5.41, 5.74) is 4.55. The molecule has 0 fully saturated rings. The Bertz CT molecular complexity index is 1110. The molecule has 0 unspecified atom stereocenters. The van der Waals surface area contributed by atoms with E-state index in [4.69, 9.17) is 27.6 Å². The molecule has 148 valence electrons. The number of furan rings is 1. The van der Waals surface area contributed by atoms with Crippen LogP contribution in [0, 0.1) is 0 Å². The van der Waals surface area contributed by atoms with E-state index in [2.05, 4.69) is 31.8 Å². The van der Waals surface area contributed by atoms with Crippen molar-refractivity contribution in [3.63, 3.8) is 0 Å². The molecule has 0 aliphatic heterocycles. The zero-order chi connectivity index (χ0) is 21.0. The molecule has 0 bridgehead atoms. The van der Waals surface area contributed by atoms with Crippen LogP contribution in [0.4, 0.5) is 5.69 Å². The molecule has 0 saturated heterocycles. The Morgan fingerprint density at radius 3 is 2.52 bits per heavy atom. The summed E-state index contributed by atoms with van der Waals surface area (Å²) >= 11 is 15.1. The van der Waals surface area contributed by atoms with Crippen LogP contribution in [0.1, 0.15) is 33.4 Å². The van der Waals surface area contributed by atoms with Crippen molar-refractivity contribution in [2.45, 2.75) is 6.92 Å². The van der Waals surface area contributed by atoms with E-state index in [0.717, 1.165) is 0 Å². The summed E-state index contributed by atoms with van der Waals surface area (Å²) in [6, 6.07) is 14.8. The molecule has 0 radical (unpaired) electrons. The van der Waals surface area contributed by atoms with E-state index < -0.39 is 5.91 Å². The Hall–Kier alpha value is -2.61. The van der Waals surface area contributed by atoms with Crippen molar-refractivity contribution in [3.05, 3.63) is 86.2 Å². The van der Waals surface area contributed by atoms with E-state index in [-0.39, 0.29) is 16.7 Å². The highest BCUT2D eigenvalue weighted by molar-refractivity contribution is 9.10. The van der Waals surface area contributed by atoms with Crippen molar-refractivity contribution in [1.29, 1.82) is 0 Å². The minimum Gasteiger partial charge on any atom is -0.444 e. The summed E-state index contributed by atoms with van der Waals surface area (Å²) in [5.74, 6) is -0.707. The molecule has 0 aliphatic rings. The van der Waals surface area contributed by atoms with Crippen LogP contribution in [0.15, 0.2) is 68.8 Å². The average Bonchev–Trinajstić information content (AvgIpc) is 3.12. The number of hydrogen-bond donors (Lipinski definition) is 2. The highest BCUT2D eigenvalue weighted by Gasteiger charge is 2.12. The molecule has 6 nitrogen and oxygen atoms in total. The van der Waals surface area contributed by atoms with Crippen LogP contribution in [0.2, 0.25) is 10.0 Å². The largest absolute Gasteiger partial charge is 0.444 e. The Labute approximate surface area is 185 Å². The van der Waals surface area contributed by atoms with Crippen molar-refractivity contribution in [3.8, 4) is 0 Å². The Kier molecular flexibility index (Phi) is 6.74. The van der Waals surface area contributed by atoms with Crippen LogP contribution in [0.25, 0.3) is 0 Å². The number of hydrogen-bond acceptors (Lipinski definition) is 4. The number of halogens is 3. The Morgan fingerprint density at radius 2 is 1.83 bits per heavy atom. The molecule has 0 saturated carbocycles. The van der Waals surface area contributed by atoms with Crippen molar-refractivity contribution >= 4 is 62.3 Å². The maximum absolute atomic E-state index is 12.5. The van der Waals surface area contributed by atoms with Gasteiger partial charge in [0, 0.05) is 10.7 Å². The van der Waals surface area contributed by atoms with Gasteiger partial charge in [0.1, 0.15) is 0 Å². The summed E-state index contributed by atoms with van der Waals surface area (Å²) in [5, 5.41) is 7.56. The highest BCUT2D eigenvalue weighted by atomic mass is 79.9. The third-order valence-corrected chi connectivity index (χ3v) is 4.81. The topological polar surface area (TPSA) is 83.7 Å². The summed E-state index contributed by atoms with van der Waals surface area (Å²) in [6.07, 6.45) is 0. The molecule has 2 N–H and O–H groups in total.